The predicted molar refractivity (Wildman–Crippen MR) is 54.8 cm³/mol. The van der Waals surface area contributed by atoms with Gasteiger partial charge in [0.25, 0.3) is 0 Å². The van der Waals surface area contributed by atoms with Crippen molar-refractivity contribution in [1.82, 2.24) is 5.32 Å². The molecular weight excluding hydrogens is 178 g/mol. The van der Waals surface area contributed by atoms with Crippen LogP contribution in [0.3, 0.4) is 0 Å². The number of aliphatic hydroxyl groups excluding tert-OH is 1. The summed E-state index contributed by atoms with van der Waals surface area (Å²) in [5, 5.41) is 11.2. The van der Waals surface area contributed by atoms with Gasteiger partial charge in [-0.2, -0.15) is 0 Å². The molecule has 1 aromatic rings. The largest absolute Gasteiger partial charge is 0.387 e. The van der Waals surface area contributed by atoms with Gasteiger partial charge in [0.05, 0.1) is 0 Å². The van der Waals surface area contributed by atoms with E-state index in [1.165, 1.54) is 5.56 Å². The van der Waals surface area contributed by atoms with Crippen LogP contribution in [-0.4, -0.2) is 23.7 Å². The molecule has 0 fully saturated rings. The summed E-state index contributed by atoms with van der Waals surface area (Å²) in [5.74, 6) is -0.326. The minimum atomic E-state index is -0.445. The first-order valence-corrected chi connectivity index (χ1v) is 4.66. The van der Waals surface area contributed by atoms with Crippen molar-refractivity contribution in [3.8, 4) is 0 Å². The molecule has 0 aromatic heterocycles. The minimum Gasteiger partial charge on any atom is -0.387 e. The third kappa shape index (κ3) is 3.58. The number of hydrogen-bond donors (Lipinski definition) is 2. The van der Waals surface area contributed by atoms with Crippen LogP contribution in [0.15, 0.2) is 30.3 Å². The molecule has 0 radical (unpaired) electrons. The highest BCUT2D eigenvalue weighted by molar-refractivity contribution is 5.77. The van der Waals surface area contributed by atoms with E-state index in [9.17, 15) is 4.79 Å². The lowest BCUT2D eigenvalue weighted by Crippen LogP contribution is -2.35. The second-order valence-corrected chi connectivity index (χ2v) is 3.32. The van der Waals surface area contributed by atoms with Crippen LogP contribution in [0.2, 0.25) is 0 Å². The van der Waals surface area contributed by atoms with E-state index in [1.54, 1.807) is 0 Å². The van der Waals surface area contributed by atoms with E-state index in [-0.39, 0.29) is 11.9 Å². The average molecular weight is 193 g/mol. The lowest BCUT2D eigenvalue weighted by atomic mass is 10.1. The van der Waals surface area contributed by atoms with Crippen LogP contribution in [0.5, 0.6) is 0 Å². The smallest absolute Gasteiger partial charge is 0.245 e. The first kappa shape index (κ1) is 10.7. The lowest BCUT2D eigenvalue weighted by Gasteiger charge is -2.12. The summed E-state index contributed by atoms with van der Waals surface area (Å²) in [7, 11) is 0. The standard InChI is InChI=1S/C11H15NO2/c1-9(12-11(14)8-13)7-10-5-3-2-4-6-10/h2-6,9,13H,7-8H2,1H3,(H,12,14). The molecule has 1 atom stereocenters. The van der Waals surface area contributed by atoms with E-state index in [0.717, 1.165) is 6.42 Å². The van der Waals surface area contributed by atoms with Gasteiger partial charge in [-0.05, 0) is 18.9 Å². The van der Waals surface area contributed by atoms with Gasteiger partial charge in [-0.25, -0.2) is 0 Å². The Kier molecular flexibility index (Phi) is 4.13. The normalized spacial score (nSPS) is 12.1. The summed E-state index contributed by atoms with van der Waals surface area (Å²) in [6.45, 7) is 1.47. The molecule has 0 aliphatic rings. The molecule has 0 heterocycles. The van der Waals surface area contributed by atoms with Gasteiger partial charge < -0.3 is 10.4 Å². The van der Waals surface area contributed by atoms with Crippen molar-refractivity contribution in [1.29, 1.82) is 0 Å². The molecule has 0 aliphatic heterocycles. The van der Waals surface area contributed by atoms with Crippen LogP contribution >= 0.6 is 0 Å². The maximum absolute atomic E-state index is 10.9. The molecule has 76 valence electrons. The van der Waals surface area contributed by atoms with Gasteiger partial charge in [0.15, 0.2) is 0 Å². The van der Waals surface area contributed by atoms with Crippen LogP contribution in [0, 0.1) is 0 Å². The second kappa shape index (κ2) is 5.40. The van der Waals surface area contributed by atoms with Gasteiger partial charge in [0.1, 0.15) is 6.61 Å². The molecule has 2 N–H and O–H groups in total. The second-order valence-electron chi connectivity index (χ2n) is 3.32. The Morgan fingerprint density at radius 1 is 1.43 bits per heavy atom. The number of amides is 1. The number of carbonyl (C=O) groups excluding carboxylic acids is 1. The van der Waals surface area contributed by atoms with Gasteiger partial charge in [-0.15, -0.1) is 0 Å². The number of hydrogen-bond acceptors (Lipinski definition) is 2. The number of carbonyl (C=O) groups is 1. The molecule has 1 aromatic carbocycles. The highest BCUT2D eigenvalue weighted by Crippen LogP contribution is 2.02. The average Bonchev–Trinajstić information content (AvgIpc) is 2.19. The zero-order chi connectivity index (χ0) is 10.4. The Bertz CT molecular complexity index is 285. The van der Waals surface area contributed by atoms with E-state index < -0.39 is 6.61 Å². The Morgan fingerprint density at radius 2 is 2.07 bits per heavy atom. The Labute approximate surface area is 83.8 Å². The lowest BCUT2D eigenvalue weighted by molar-refractivity contribution is -0.124. The summed E-state index contributed by atoms with van der Waals surface area (Å²) < 4.78 is 0. The van der Waals surface area contributed by atoms with Gasteiger partial charge in [-0.3, -0.25) is 4.79 Å². The fourth-order valence-corrected chi connectivity index (χ4v) is 1.34. The Morgan fingerprint density at radius 3 is 2.64 bits per heavy atom. The predicted octanol–water partition coefficient (Wildman–Crippen LogP) is 0.726. The molecule has 1 unspecified atom stereocenters. The van der Waals surface area contributed by atoms with Crippen LogP contribution in [-0.2, 0) is 11.2 Å². The summed E-state index contributed by atoms with van der Waals surface area (Å²) in [5.41, 5.74) is 1.18. The van der Waals surface area contributed by atoms with E-state index in [1.807, 2.05) is 37.3 Å². The SMILES string of the molecule is CC(Cc1ccccc1)NC(=O)CO. The first-order valence-electron chi connectivity index (χ1n) is 4.66. The number of aliphatic hydroxyl groups is 1. The fourth-order valence-electron chi connectivity index (χ4n) is 1.34. The third-order valence-electron chi connectivity index (χ3n) is 1.94. The summed E-state index contributed by atoms with van der Waals surface area (Å²) >= 11 is 0. The van der Waals surface area contributed by atoms with Crippen molar-refractivity contribution in [2.45, 2.75) is 19.4 Å². The number of nitrogens with one attached hydrogen (secondary N) is 1. The molecule has 0 bridgehead atoms. The monoisotopic (exact) mass is 193 g/mol. The molecule has 14 heavy (non-hydrogen) atoms. The van der Waals surface area contributed by atoms with E-state index in [4.69, 9.17) is 5.11 Å². The Balaban J connectivity index is 2.41. The topological polar surface area (TPSA) is 49.3 Å². The van der Waals surface area contributed by atoms with Crippen molar-refractivity contribution in [2.24, 2.45) is 0 Å². The highest BCUT2D eigenvalue weighted by Gasteiger charge is 2.05. The molecule has 1 rings (SSSR count). The summed E-state index contributed by atoms with van der Waals surface area (Å²) in [6, 6.07) is 9.98. The summed E-state index contributed by atoms with van der Waals surface area (Å²) in [6.07, 6.45) is 0.784. The molecule has 0 saturated carbocycles. The maximum Gasteiger partial charge on any atom is 0.245 e. The Hall–Kier alpha value is -1.35. The number of benzene rings is 1. The van der Waals surface area contributed by atoms with E-state index in [2.05, 4.69) is 5.32 Å². The maximum atomic E-state index is 10.9. The van der Waals surface area contributed by atoms with Crippen LogP contribution in [0.25, 0.3) is 0 Å². The minimum absolute atomic E-state index is 0.0528. The van der Waals surface area contributed by atoms with Gasteiger partial charge >= 0.3 is 0 Å². The molecular formula is C11H15NO2. The molecule has 3 nitrogen and oxygen atoms in total. The van der Waals surface area contributed by atoms with Gasteiger partial charge in [-0.1, -0.05) is 30.3 Å². The molecule has 0 aliphatic carbocycles. The molecule has 1 amide bonds. The van der Waals surface area contributed by atoms with Crippen molar-refractivity contribution in [3.63, 3.8) is 0 Å². The van der Waals surface area contributed by atoms with Crippen molar-refractivity contribution < 1.29 is 9.90 Å². The van der Waals surface area contributed by atoms with Crippen LogP contribution in [0.1, 0.15) is 12.5 Å². The number of rotatable bonds is 4. The van der Waals surface area contributed by atoms with Gasteiger partial charge in [0, 0.05) is 6.04 Å². The van der Waals surface area contributed by atoms with E-state index >= 15 is 0 Å². The highest BCUT2D eigenvalue weighted by atomic mass is 16.3. The van der Waals surface area contributed by atoms with Crippen molar-refractivity contribution >= 4 is 5.91 Å². The van der Waals surface area contributed by atoms with Crippen LogP contribution < -0.4 is 5.32 Å². The van der Waals surface area contributed by atoms with Crippen molar-refractivity contribution in [2.75, 3.05) is 6.61 Å². The summed E-state index contributed by atoms with van der Waals surface area (Å²) in [4.78, 5) is 10.9. The zero-order valence-electron chi connectivity index (χ0n) is 8.23. The fraction of sp³-hybridized carbons (Fsp3) is 0.364. The molecule has 3 heteroatoms. The quantitative estimate of drug-likeness (QED) is 0.740. The zero-order valence-corrected chi connectivity index (χ0v) is 8.23. The third-order valence-corrected chi connectivity index (χ3v) is 1.94. The van der Waals surface area contributed by atoms with Crippen LogP contribution in [0.4, 0.5) is 0 Å². The molecule has 0 spiro atoms. The molecule has 0 saturated heterocycles. The van der Waals surface area contributed by atoms with Crippen molar-refractivity contribution in [3.05, 3.63) is 35.9 Å². The first-order chi connectivity index (χ1) is 6.72. The van der Waals surface area contributed by atoms with E-state index in [0.29, 0.717) is 0 Å². The van der Waals surface area contributed by atoms with Gasteiger partial charge in [0.2, 0.25) is 5.91 Å².